The number of benzene rings is 9. The van der Waals surface area contributed by atoms with Crippen molar-refractivity contribution in [2.24, 2.45) is 0 Å². The first-order chi connectivity index (χ1) is 26.3. The van der Waals surface area contributed by atoms with Crippen molar-refractivity contribution in [3.05, 3.63) is 188 Å². The average molecular weight is 694 g/mol. The summed E-state index contributed by atoms with van der Waals surface area (Å²) >= 11 is 1.86. The summed E-state index contributed by atoms with van der Waals surface area (Å²) in [4.78, 5) is 2.47. The van der Waals surface area contributed by atoms with Crippen LogP contribution in [-0.2, 0) is 0 Å². The van der Waals surface area contributed by atoms with Gasteiger partial charge in [0.1, 0.15) is 11.2 Å². The Morgan fingerprint density at radius 3 is 1.96 bits per heavy atom. The molecular formula is C50H31NOS. The largest absolute Gasteiger partial charge is 0.455 e. The molecule has 0 N–H and O–H groups in total. The van der Waals surface area contributed by atoms with Gasteiger partial charge < -0.3 is 9.32 Å². The van der Waals surface area contributed by atoms with Crippen LogP contribution in [0.25, 0.3) is 85.9 Å². The van der Waals surface area contributed by atoms with Gasteiger partial charge in [0.2, 0.25) is 0 Å². The summed E-state index contributed by atoms with van der Waals surface area (Å²) in [7, 11) is 0. The summed E-state index contributed by atoms with van der Waals surface area (Å²) in [6.45, 7) is 0. The zero-order valence-electron chi connectivity index (χ0n) is 28.7. The first-order valence-corrected chi connectivity index (χ1v) is 18.8. The lowest BCUT2D eigenvalue weighted by Gasteiger charge is -2.28. The molecule has 0 atom stereocenters. The minimum atomic E-state index is 0.879. The third kappa shape index (κ3) is 4.78. The van der Waals surface area contributed by atoms with Crippen LogP contribution in [0, 0.1) is 0 Å². The molecule has 3 heteroatoms. The highest BCUT2D eigenvalue weighted by Crippen LogP contribution is 2.50. The third-order valence-corrected chi connectivity index (χ3v) is 11.8. The highest BCUT2D eigenvalue weighted by atomic mass is 32.1. The van der Waals surface area contributed by atoms with E-state index >= 15 is 0 Å². The topological polar surface area (TPSA) is 16.4 Å². The van der Waals surface area contributed by atoms with Crippen LogP contribution in [-0.4, -0.2) is 0 Å². The van der Waals surface area contributed by atoms with Gasteiger partial charge in [-0.25, -0.2) is 0 Å². The van der Waals surface area contributed by atoms with Crippen LogP contribution in [0.4, 0.5) is 17.1 Å². The number of furan rings is 1. The minimum absolute atomic E-state index is 0.879. The number of hydrogen-bond donors (Lipinski definition) is 0. The third-order valence-electron chi connectivity index (χ3n) is 10.6. The molecule has 0 amide bonds. The maximum absolute atomic E-state index is 6.79. The lowest BCUT2D eigenvalue weighted by Crippen LogP contribution is -2.11. The number of thiophene rings is 1. The molecule has 9 aromatic carbocycles. The summed E-state index contributed by atoms with van der Waals surface area (Å²) in [5.41, 5.74) is 9.76. The van der Waals surface area contributed by atoms with E-state index in [0.29, 0.717) is 0 Å². The number of anilines is 3. The van der Waals surface area contributed by atoms with Crippen LogP contribution in [0.1, 0.15) is 0 Å². The van der Waals surface area contributed by atoms with Crippen molar-refractivity contribution >= 4 is 92.1 Å². The van der Waals surface area contributed by atoms with E-state index in [4.69, 9.17) is 4.42 Å². The fourth-order valence-corrected chi connectivity index (χ4v) is 9.36. The van der Waals surface area contributed by atoms with E-state index in [0.717, 1.165) is 50.1 Å². The first kappa shape index (κ1) is 30.0. The molecule has 0 unspecified atom stereocenters. The number of fused-ring (bicyclic) bond motifs is 9. The van der Waals surface area contributed by atoms with Gasteiger partial charge in [0.25, 0.3) is 0 Å². The molecule has 0 aliphatic rings. The molecule has 2 aromatic heterocycles. The molecule has 0 fully saturated rings. The van der Waals surface area contributed by atoms with Gasteiger partial charge in [-0.05, 0) is 86.8 Å². The number of rotatable bonds is 5. The predicted molar refractivity (Wildman–Crippen MR) is 227 cm³/mol. The van der Waals surface area contributed by atoms with Gasteiger partial charge in [0.15, 0.2) is 0 Å². The zero-order valence-corrected chi connectivity index (χ0v) is 29.5. The summed E-state index contributed by atoms with van der Waals surface area (Å²) in [6.07, 6.45) is 0. The molecule has 53 heavy (non-hydrogen) atoms. The molecule has 248 valence electrons. The molecule has 2 heterocycles. The number of nitrogens with zero attached hydrogens (tertiary/aromatic N) is 1. The monoisotopic (exact) mass is 693 g/mol. The smallest absolute Gasteiger partial charge is 0.145 e. The Morgan fingerprint density at radius 2 is 1.09 bits per heavy atom. The van der Waals surface area contributed by atoms with Crippen molar-refractivity contribution in [2.75, 3.05) is 4.90 Å². The van der Waals surface area contributed by atoms with Crippen molar-refractivity contribution in [3.8, 4) is 22.3 Å². The summed E-state index contributed by atoms with van der Waals surface area (Å²) in [5.74, 6) is 0. The van der Waals surface area contributed by atoms with Gasteiger partial charge in [0, 0.05) is 36.8 Å². The lowest BCUT2D eigenvalue weighted by molar-refractivity contribution is 0.670. The molecule has 0 spiro atoms. The molecule has 0 aliphatic heterocycles. The Morgan fingerprint density at radius 1 is 0.396 bits per heavy atom. The van der Waals surface area contributed by atoms with Gasteiger partial charge in [-0.2, -0.15) is 0 Å². The van der Waals surface area contributed by atoms with E-state index in [9.17, 15) is 0 Å². The second-order valence-electron chi connectivity index (χ2n) is 13.7. The molecule has 11 aromatic rings. The molecule has 0 aliphatic carbocycles. The van der Waals surface area contributed by atoms with Gasteiger partial charge in [-0.1, -0.05) is 140 Å². The Hall–Kier alpha value is -6.68. The van der Waals surface area contributed by atoms with E-state index in [-0.39, 0.29) is 0 Å². The highest BCUT2D eigenvalue weighted by Gasteiger charge is 2.25. The summed E-state index contributed by atoms with van der Waals surface area (Å²) in [5, 5.41) is 9.67. The molecule has 0 bridgehead atoms. The highest BCUT2D eigenvalue weighted by molar-refractivity contribution is 7.26. The molecular weight excluding hydrogens is 663 g/mol. The minimum Gasteiger partial charge on any atom is -0.455 e. The van der Waals surface area contributed by atoms with Crippen LogP contribution in [0.5, 0.6) is 0 Å². The normalized spacial score (nSPS) is 11.8. The van der Waals surface area contributed by atoms with E-state index in [1.54, 1.807) is 0 Å². The summed E-state index contributed by atoms with van der Waals surface area (Å²) in [6, 6.07) is 67.9. The van der Waals surface area contributed by atoms with Crippen LogP contribution in [0.15, 0.2) is 192 Å². The molecule has 0 saturated carbocycles. The molecule has 0 saturated heterocycles. The number of hydrogen-bond acceptors (Lipinski definition) is 3. The quantitative estimate of drug-likeness (QED) is 0.167. The Balaban J connectivity index is 1.22. The predicted octanol–water partition coefficient (Wildman–Crippen LogP) is 15.1. The van der Waals surface area contributed by atoms with Crippen LogP contribution >= 0.6 is 11.3 Å². The fourth-order valence-electron chi connectivity index (χ4n) is 8.19. The maximum Gasteiger partial charge on any atom is 0.145 e. The van der Waals surface area contributed by atoms with Crippen LogP contribution < -0.4 is 4.90 Å². The van der Waals surface area contributed by atoms with E-state index in [1.807, 2.05) is 11.3 Å². The van der Waals surface area contributed by atoms with Gasteiger partial charge >= 0.3 is 0 Å². The van der Waals surface area contributed by atoms with Gasteiger partial charge in [-0.15, -0.1) is 11.3 Å². The Kier molecular flexibility index (Phi) is 6.76. The van der Waals surface area contributed by atoms with E-state index < -0.39 is 0 Å². The zero-order chi connectivity index (χ0) is 34.9. The first-order valence-electron chi connectivity index (χ1n) is 18.0. The van der Waals surface area contributed by atoms with Crippen LogP contribution in [0.2, 0.25) is 0 Å². The average Bonchev–Trinajstić information content (AvgIpc) is 3.81. The van der Waals surface area contributed by atoms with Gasteiger partial charge in [-0.3, -0.25) is 0 Å². The van der Waals surface area contributed by atoms with Gasteiger partial charge in [0.05, 0.1) is 16.8 Å². The summed E-state index contributed by atoms with van der Waals surface area (Å²) < 4.78 is 9.33. The number of para-hydroxylation sites is 1. The molecule has 11 rings (SSSR count). The maximum atomic E-state index is 6.79. The van der Waals surface area contributed by atoms with Crippen molar-refractivity contribution in [3.63, 3.8) is 0 Å². The fraction of sp³-hybridized carbons (Fsp3) is 0. The van der Waals surface area contributed by atoms with Crippen molar-refractivity contribution < 1.29 is 4.42 Å². The second kappa shape index (κ2) is 11.9. The second-order valence-corrected chi connectivity index (χ2v) is 14.7. The van der Waals surface area contributed by atoms with Crippen molar-refractivity contribution in [2.45, 2.75) is 0 Å². The van der Waals surface area contributed by atoms with E-state index in [1.165, 1.54) is 52.8 Å². The SMILES string of the molecule is c1ccc(-c2ccc3c(c2)sc2cccc(N(c4ccc5c(ccc6ccccc65)c4)c4ccc(-c5ccccc5)c5oc6ccccc6c45)c23)cc1. The Bertz CT molecular complexity index is 3180. The Labute approximate surface area is 310 Å². The van der Waals surface area contributed by atoms with Crippen molar-refractivity contribution in [1.29, 1.82) is 0 Å². The molecule has 0 radical (unpaired) electrons. The van der Waals surface area contributed by atoms with Crippen molar-refractivity contribution in [1.82, 2.24) is 0 Å². The van der Waals surface area contributed by atoms with E-state index in [2.05, 4.69) is 193 Å². The lowest BCUT2D eigenvalue weighted by atomic mass is 9.98. The molecule has 2 nitrogen and oxygen atoms in total. The standard InChI is InChI=1S/C50H31NOS/c1-3-12-32(13-4-1)35-24-26-42-47(31-35)53-46-21-11-19-43(48(42)46)51(37-25-27-39-36(30-37)23-22-34-16-7-8-17-38(34)39)44-29-28-40(33-14-5-2-6-15-33)50-49(44)41-18-9-10-20-45(41)52-50/h1-31H. The van der Waals surface area contributed by atoms with Crippen LogP contribution in [0.3, 0.4) is 0 Å².